The van der Waals surface area contributed by atoms with Gasteiger partial charge in [0.05, 0.1) is 5.39 Å². The minimum Gasteiger partial charge on any atom is -0.354 e. The Hall–Kier alpha value is -2.93. The summed E-state index contributed by atoms with van der Waals surface area (Å²) in [5.41, 5.74) is 2.52. The molecule has 5 rings (SSSR count). The lowest BCUT2D eigenvalue weighted by molar-refractivity contribution is 0.0710. The number of anilines is 1. The Bertz CT molecular complexity index is 993. The third kappa shape index (κ3) is 3.11. The van der Waals surface area contributed by atoms with Gasteiger partial charge in [0.2, 0.25) is 0 Å². The van der Waals surface area contributed by atoms with Crippen molar-refractivity contribution in [2.75, 3.05) is 50.7 Å². The smallest absolute Gasteiger partial charge is 0.272 e. The predicted octanol–water partition coefficient (Wildman–Crippen LogP) is 2.04. The Morgan fingerprint density at radius 2 is 1.82 bits per heavy atom. The highest BCUT2D eigenvalue weighted by Crippen LogP contribution is 2.26. The van der Waals surface area contributed by atoms with Crippen LogP contribution in [0.15, 0.2) is 47.1 Å². The van der Waals surface area contributed by atoms with Gasteiger partial charge in [0, 0.05) is 52.0 Å². The predicted molar refractivity (Wildman–Crippen MR) is 107 cm³/mol. The number of hydrogen-bond donors (Lipinski definition) is 0. The molecule has 1 amide bonds. The van der Waals surface area contributed by atoms with E-state index in [-0.39, 0.29) is 5.91 Å². The molecule has 4 heterocycles. The van der Waals surface area contributed by atoms with Crippen molar-refractivity contribution in [1.29, 1.82) is 0 Å². The van der Waals surface area contributed by atoms with Crippen LogP contribution >= 0.6 is 0 Å². The van der Waals surface area contributed by atoms with Crippen LogP contribution in [-0.2, 0) is 6.42 Å². The van der Waals surface area contributed by atoms with Crippen LogP contribution in [0.4, 0.5) is 5.82 Å². The lowest BCUT2D eigenvalue weighted by atomic mass is 10.0. The number of amides is 1. The fourth-order valence-electron chi connectivity index (χ4n) is 4.10. The van der Waals surface area contributed by atoms with Gasteiger partial charge in [-0.15, -0.1) is 0 Å². The van der Waals surface area contributed by atoms with Gasteiger partial charge in [-0.2, -0.15) is 0 Å². The van der Waals surface area contributed by atoms with E-state index in [1.807, 2.05) is 35.2 Å². The Morgan fingerprint density at radius 3 is 2.71 bits per heavy atom. The number of rotatable bonds is 4. The van der Waals surface area contributed by atoms with Crippen molar-refractivity contribution >= 4 is 22.7 Å². The summed E-state index contributed by atoms with van der Waals surface area (Å²) in [6.07, 6.45) is 2.59. The zero-order valence-electron chi connectivity index (χ0n) is 15.8. The molecule has 1 aromatic carbocycles. The third-order valence-electron chi connectivity index (χ3n) is 5.75. The molecule has 0 atom stereocenters. The first kappa shape index (κ1) is 17.2. The average molecular weight is 377 g/mol. The van der Waals surface area contributed by atoms with Crippen LogP contribution in [0, 0.1) is 0 Å². The summed E-state index contributed by atoms with van der Waals surface area (Å²) in [6.45, 7) is 6.16. The van der Waals surface area contributed by atoms with E-state index in [4.69, 9.17) is 4.52 Å². The van der Waals surface area contributed by atoms with Crippen LogP contribution in [0.3, 0.4) is 0 Å². The number of carbonyl (C=O) groups is 1. The molecule has 2 aliphatic heterocycles. The van der Waals surface area contributed by atoms with Gasteiger partial charge in [0.25, 0.3) is 5.91 Å². The summed E-state index contributed by atoms with van der Waals surface area (Å²) in [4.78, 5) is 23.6. The second-order valence-corrected chi connectivity index (χ2v) is 7.38. The van der Waals surface area contributed by atoms with E-state index in [1.165, 1.54) is 0 Å². The van der Waals surface area contributed by atoms with E-state index in [0.717, 1.165) is 74.6 Å². The summed E-state index contributed by atoms with van der Waals surface area (Å²) < 4.78 is 5.44. The molecule has 2 aliphatic rings. The van der Waals surface area contributed by atoms with Gasteiger partial charge in [-0.05, 0) is 30.2 Å². The summed E-state index contributed by atoms with van der Waals surface area (Å²) in [7, 11) is 0. The maximum Gasteiger partial charge on any atom is 0.272 e. The molecule has 144 valence electrons. The SMILES string of the molecule is O=C1c2ncccc2CCN1CCN1CCN(c2noc3ccccc23)CC1. The molecule has 0 bridgehead atoms. The summed E-state index contributed by atoms with van der Waals surface area (Å²) in [5, 5.41) is 5.34. The quantitative estimate of drug-likeness (QED) is 0.693. The summed E-state index contributed by atoms with van der Waals surface area (Å²) in [5.74, 6) is 0.999. The molecule has 2 aromatic heterocycles. The molecule has 28 heavy (non-hydrogen) atoms. The minimum atomic E-state index is 0.0644. The van der Waals surface area contributed by atoms with Crippen molar-refractivity contribution in [3.05, 3.63) is 53.9 Å². The molecule has 0 aliphatic carbocycles. The van der Waals surface area contributed by atoms with Gasteiger partial charge < -0.3 is 14.3 Å². The van der Waals surface area contributed by atoms with E-state index in [2.05, 4.69) is 26.0 Å². The van der Waals surface area contributed by atoms with Crippen LogP contribution in [0.5, 0.6) is 0 Å². The largest absolute Gasteiger partial charge is 0.354 e. The molecule has 0 unspecified atom stereocenters. The second kappa shape index (κ2) is 7.24. The second-order valence-electron chi connectivity index (χ2n) is 7.38. The van der Waals surface area contributed by atoms with Crippen LogP contribution in [0.25, 0.3) is 11.0 Å². The standard InChI is InChI=1S/C21H23N5O2/c27-21-19-16(4-3-8-22-19)7-9-26(21)15-12-24-10-13-25(14-11-24)20-17-5-1-2-6-18(17)28-23-20/h1-6,8H,7,9-15H2. The number of nitrogens with zero attached hydrogens (tertiary/aromatic N) is 5. The zero-order valence-corrected chi connectivity index (χ0v) is 15.8. The number of aromatic nitrogens is 2. The van der Waals surface area contributed by atoms with Crippen molar-refractivity contribution in [1.82, 2.24) is 19.9 Å². The fourth-order valence-corrected chi connectivity index (χ4v) is 4.10. The van der Waals surface area contributed by atoms with E-state index in [0.29, 0.717) is 5.69 Å². The number of piperazine rings is 1. The molecule has 1 fully saturated rings. The maximum absolute atomic E-state index is 12.6. The van der Waals surface area contributed by atoms with Crippen molar-refractivity contribution in [3.8, 4) is 0 Å². The number of fused-ring (bicyclic) bond motifs is 2. The van der Waals surface area contributed by atoms with E-state index in [1.54, 1.807) is 6.20 Å². The zero-order chi connectivity index (χ0) is 18.9. The van der Waals surface area contributed by atoms with E-state index < -0.39 is 0 Å². The van der Waals surface area contributed by atoms with Crippen LogP contribution in [0.2, 0.25) is 0 Å². The number of benzene rings is 1. The molecular formula is C21H23N5O2. The highest BCUT2D eigenvalue weighted by Gasteiger charge is 2.26. The number of para-hydroxylation sites is 1. The van der Waals surface area contributed by atoms with Gasteiger partial charge in [0.1, 0.15) is 5.69 Å². The molecule has 7 nitrogen and oxygen atoms in total. The highest BCUT2D eigenvalue weighted by molar-refractivity contribution is 5.94. The molecule has 1 saturated heterocycles. The first-order valence-electron chi connectivity index (χ1n) is 9.84. The minimum absolute atomic E-state index is 0.0644. The first-order valence-corrected chi connectivity index (χ1v) is 9.84. The van der Waals surface area contributed by atoms with Crippen molar-refractivity contribution in [2.45, 2.75) is 6.42 Å². The van der Waals surface area contributed by atoms with Crippen LogP contribution in [-0.4, -0.2) is 71.7 Å². The summed E-state index contributed by atoms with van der Waals surface area (Å²) in [6, 6.07) is 11.9. The van der Waals surface area contributed by atoms with E-state index >= 15 is 0 Å². The molecular weight excluding hydrogens is 354 g/mol. The van der Waals surface area contributed by atoms with Crippen molar-refractivity contribution in [2.24, 2.45) is 0 Å². The molecule has 0 saturated carbocycles. The molecule has 0 N–H and O–H groups in total. The number of pyridine rings is 1. The molecule has 0 spiro atoms. The van der Waals surface area contributed by atoms with Crippen LogP contribution in [0.1, 0.15) is 16.1 Å². The normalized spacial score (nSPS) is 17.9. The Labute approximate surface area is 163 Å². The van der Waals surface area contributed by atoms with Crippen molar-refractivity contribution in [3.63, 3.8) is 0 Å². The van der Waals surface area contributed by atoms with Gasteiger partial charge in [-0.25, -0.2) is 0 Å². The lowest BCUT2D eigenvalue weighted by Crippen LogP contribution is -2.50. The number of hydrogen-bond acceptors (Lipinski definition) is 6. The third-order valence-corrected chi connectivity index (χ3v) is 5.75. The first-order chi connectivity index (χ1) is 13.8. The molecule has 0 radical (unpaired) electrons. The Morgan fingerprint density at radius 1 is 0.964 bits per heavy atom. The molecule has 7 heteroatoms. The average Bonchev–Trinajstić information content (AvgIpc) is 3.18. The Kier molecular flexibility index (Phi) is 4.44. The Balaban J connectivity index is 1.17. The monoisotopic (exact) mass is 377 g/mol. The van der Waals surface area contributed by atoms with Gasteiger partial charge in [0.15, 0.2) is 11.4 Å². The topological polar surface area (TPSA) is 65.7 Å². The maximum atomic E-state index is 12.6. The summed E-state index contributed by atoms with van der Waals surface area (Å²) >= 11 is 0. The molecule has 3 aromatic rings. The van der Waals surface area contributed by atoms with Gasteiger partial charge in [-0.1, -0.05) is 23.4 Å². The fraction of sp³-hybridized carbons (Fsp3) is 0.381. The number of carbonyl (C=O) groups excluding carboxylic acids is 1. The highest BCUT2D eigenvalue weighted by atomic mass is 16.5. The van der Waals surface area contributed by atoms with Crippen LogP contribution < -0.4 is 4.90 Å². The van der Waals surface area contributed by atoms with Gasteiger partial charge in [-0.3, -0.25) is 14.7 Å². The van der Waals surface area contributed by atoms with E-state index in [9.17, 15) is 4.79 Å². The lowest BCUT2D eigenvalue weighted by Gasteiger charge is -2.36. The van der Waals surface area contributed by atoms with Crippen molar-refractivity contribution < 1.29 is 9.32 Å². The van der Waals surface area contributed by atoms with Gasteiger partial charge >= 0.3 is 0 Å².